The third kappa shape index (κ3) is 4.46. The van der Waals surface area contributed by atoms with Crippen LogP contribution in [0, 0.1) is 5.82 Å². The molecule has 5 heteroatoms. The fourth-order valence-corrected chi connectivity index (χ4v) is 1.85. The van der Waals surface area contributed by atoms with Crippen LogP contribution in [0.25, 0.3) is 0 Å². The van der Waals surface area contributed by atoms with Crippen LogP contribution < -0.4 is 9.47 Å². The average Bonchev–Trinajstić information content (AvgIpc) is 2.45. The normalized spacial score (nSPS) is 10.2. The standard InChI is InChI=1S/C16H14ClFO3/c1-11(19)15-7-6-14(10-16(15)18)21-9-8-20-13-4-2-12(17)3-5-13/h2-7,10H,8-9H2,1H3. The van der Waals surface area contributed by atoms with E-state index in [9.17, 15) is 9.18 Å². The number of rotatable bonds is 6. The molecule has 2 aromatic carbocycles. The van der Waals surface area contributed by atoms with E-state index in [2.05, 4.69) is 0 Å². The van der Waals surface area contributed by atoms with E-state index in [4.69, 9.17) is 21.1 Å². The molecule has 0 atom stereocenters. The molecule has 2 rings (SSSR count). The number of ketones is 1. The fraction of sp³-hybridized carbons (Fsp3) is 0.188. The van der Waals surface area contributed by atoms with Gasteiger partial charge in [-0.1, -0.05) is 11.6 Å². The van der Waals surface area contributed by atoms with Crippen molar-refractivity contribution in [2.45, 2.75) is 6.92 Å². The van der Waals surface area contributed by atoms with E-state index < -0.39 is 5.82 Å². The van der Waals surface area contributed by atoms with E-state index in [1.807, 2.05) is 0 Å². The molecule has 0 aromatic heterocycles. The maximum absolute atomic E-state index is 13.6. The van der Waals surface area contributed by atoms with Gasteiger partial charge >= 0.3 is 0 Å². The Morgan fingerprint density at radius 1 is 1.05 bits per heavy atom. The first-order valence-electron chi connectivity index (χ1n) is 6.38. The molecule has 0 N–H and O–H groups in total. The third-order valence-corrected chi connectivity index (χ3v) is 3.01. The van der Waals surface area contributed by atoms with E-state index in [-0.39, 0.29) is 18.0 Å². The van der Waals surface area contributed by atoms with Crippen LogP contribution in [-0.4, -0.2) is 19.0 Å². The van der Waals surface area contributed by atoms with Crippen LogP contribution in [-0.2, 0) is 0 Å². The molecular formula is C16H14ClFO3. The minimum atomic E-state index is -0.585. The lowest BCUT2D eigenvalue weighted by atomic mass is 10.1. The number of hydrogen-bond donors (Lipinski definition) is 0. The van der Waals surface area contributed by atoms with Crippen LogP contribution in [0.1, 0.15) is 17.3 Å². The number of carbonyl (C=O) groups excluding carboxylic acids is 1. The maximum atomic E-state index is 13.6. The van der Waals surface area contributed by atoms with Gasteiger partial charge in [0.05, 0.1) is 5.56 Å². The second kappa shape index (κ2) is 7.09. The molecule has 0 spiro atoms. The summed E-state index contributed by atoms with van der Waals surface area (Å²) in [5.74, 6) is 0.141. The summed E-state index contributed by atoms with van der Waals surface area (Å²) >= 11 is 5.76. The lowest BCUT2D eigenvalue weighted by Gasteiger charge is -2.09. The Morgan fingerprint density at radius 2 is 1.62 bits per heavy atom. The molecule has 0 radical (unpaired) electrons. The molecule has 3 nitrogen and oxygen atoms in total. The van der Waals surface area contributed by atoms with E-state index in [1.54, 1.807) is 30.3 Å². The lowest BCUT2D eigenvalue weighted by Crippen LogP contribution is -2.09. The van der Waals surface area contributed by atoms with E-state index >= 15 is 0 Å². The fourth-order valence-electron chi connectivity index (χ4n) is 1.72. The van der Waals surface area contributed by atoms with Gasteiger partial charge in [0.25, 0.3) is 0 Å². The SMILES string of the molecule is CC(=O)c1ccc(OCCOc2ccc(Cl)cc2)cc1F. The van der Waals surface area contributed by atoms with E-state index in [0.29, 0.717) is 23.1 Å². The van der Waals surface area contributed by atoms with Gasteiger partial charge < -0.3 is 9.47 Å². The Morgan fingerprint density at radius 3 is 2.19 bits per heavy atom. The first-order valence-corrected chi connectivity index (χ1v) is 6.76. The van der Waals surface area contributed by atoms with Crippen molar-refractivity contribution in [3.05, 3.63) is 58.9 Å². The molecule has 2 aromatic rings. The molecule has 0 aliphatic carbocycles. The topological polar surface area (TPSA) is 35.5 Å². The van der Waals surface area contributed by atoms with Gasteiger partial charge in [0.2, 0.25) is 0 Å². The van der Waals surface area contributed by atoms with Crippen LogP contribution in [0.4, 0.5) is 4.39 Å². The summed E-state index contributed by atoms with van der Waals surface area (Å²) < 4.78 is 24.4. The molecule has 0 saturated carbocycles. The van der Waals surface area contributed by atoms with Crippen LogP contribution in [0.15, 0.2) is 42.5 Å². The summed E-state index contributed by atoms with van der Waals surface area (Å²) in [6.45, 7) is 1.90. The van der Waals surface area contributed by atoms with Gasteiger partial charge in [0, 0.05) is 11.1 Å². The Kier molecular flexibility index (Phi) is 5.17. The summed E-state index contributed by atoms with van der Waals surface area (Å²) in [5.41, 5.74) is 0.0553. The number of carbonyl (C=O) groups is 1. The lowest BCUT2D eigenvalue weighted by molar-refractivity contribution is 0.101. The van der Waals surface area contributed by atoms with E-state index in [0.717, 1.165) is 0 Å². The maximum Gasteiger partial charge on any atom is 0.162 e. The Hall–Kier alpha value is -2.07. The average molecular weight is 309 g/mol. The van der Waals surface area contributed by atoms with Gasteiger partial charge in [-0.15, -0.1) is 0 Å². The van der Waals surface area contributed by atoms with Gasteiger partial charge in [-0.2, -0.15) is 0 Å². The Balaban J connectivity index is 1.82. The third-order valence-electron chi connectivity index (χ3n) is 2.75. The largest absolute Gasteiger partial charge is 0.490 e. The Bertz CT molecular complexity index is 626. The summed E-state index contributed by atoms with van der Waals surface area (Å²) in [6, 6.07) is 11.1. The molecule has 0 aliphatic rings. The Labute approximate surface area is 127 Å². The molecule has 0 aliphatic heterocycles. The minimum absolute atomic E-state index is 0.0553. The zero-order valence-electron chi connectivity index (χ0n) is 11.4. The molecule has 110 valence electrons. The number of ether oxygens (including phenoxy) is 2. The summed E-state index contributed by atoms with van der Waals surface area (Å²) in [7, 11) is 0. The predicted octanol–water partition coefficient (Wildman–Crippen LogP) is 4.14. The van der Waals surface area contributed by atoms with Crippen LogP contribution in [0.5, 0.6) is 11.5 Å². The number of halogens is 2. The number of Topliss-reactive ketones (excluding diaryl/α,β-unsaturated/α-hetero) is 1. The molecule has 0 heterocycles. The van der Waals surface area contributed by atoms with Gasteiger partial charge in [-0.3, -0.25) is 4.79 Å². The second-order valence-electron chi connectivity index (χ2n) is 4.35. The molecule has 21 heavy (non-hydrogen) atoms. The van der Waals surface area contributed by atoms with Crippen molar-refractivity contribution < 1.29 is 18.7 Å². The van der Waals surface area contributed by atoms with Crippen molar-refractivity contribution in [2.24, 2.45) is 0 Å². The quantitative estimate of drug-likeness (QED) is 0.594. The van der Waals surface area contributed by atoms with Crippen molar-refractivity contribution >= 4 is 17.4 Å². The number of benzene rings is 2. The molecule has 0 fully saturated rings. The summed E-state index contributed by atoms with van der Waals surface area (Å²) in [4.78, 5) is 11.1. The minimum Gasteiger partial charge on any atom is -0.490 e. The van der Waals surface area contributed by atoms with Gasteiger partial charge in [-0.25, -0.2) is 4.39 Å². The van der Waals surface area contributed by atoms with E-state index in [1.165, 1.54) is 19.1 Å². The highest BCUT2D eigenvalue weighted by Gasteiger charge is 2.08. The highest BCUT2D eigenvalue weighted by Crippen LogP contribution is 2.18. The molecule has 0 unspecified atom stereocenters. The van der Waals surface area contributed by atoms with Crippen molar-refractivity contribution in [1.29, 1.82) is 0 Å². The van der Waals surface area contributed by atoms with Crippen LogP contribution >= 0.6 is 11.6 Å². The smallest absolute Gasteiger partial charge is 0.162 e. The number of hydrogen-bond acceptors (Lipinski definition) is 3. The van der Waals surface area contributed by atoms with Crippen LogP contribution in [0.2, 0.25) is 5.02 Å². The van der Waals surface area contributed by atoms with Crippen LogP contribution in [0.3, 0.4) is 0 Å². The summed E-state index contributed by atoms with van der Waals surface area (Å²) in [5, 5.41) is 0.639. The molecule has 0 bridgehead atoms. The zero-order valence-corrected chi connectivity index (χ0v) is 12.2. The highest BCUT2D eigenvalue weighted by molar-refractivity contribution is 6.30. The predicted molar refractivity (Wildman–Crippen MR) is 78.8 cm³/mol. The van der Waals surface area contributed by atoms with Gasteiger partial charge in [0.15, 0.2) is 5.78 Å². The zero-order chi connectivity index (χ0) is 15.2. The van der Waals surface area contributed by atoms with Crippen molar-refractivity contribution in [1.82, 2.24) is 0 Å². The first-order chi connectivity index (χ1) is 10.1. The van der Waals surface area contributed by atoms with Crippen molar-refractivity contribution in [3.8, 4) is 11.5 Å². The van der Waals surface area contributed by atoms with Gasteiger partial charge in [0.1, 0.15) is 30.5 Å². The second-order valence-corrected chi connectivity index (χ2v) is 4.79. The van der Waals surface area contributed by atoms with Gasteiger partial charge in [-0.05, 0) is 43.3 Å². The van der Waals surface area contributed by atoms with Crippen molar-refractivity contribution in [2.75, 3.05) is 13.2 Å². The first kappa shape index (κ1) is 15.3. The summed E-state index contributed by atoms with van der Waals surface area (Å²) in [6.07, 6.45) is 0. The molecule has 0 amide bonds. The molecular weight excluding hydrogens is 295 g/mol. The highest BCUT2D eigenvalue weighted by atomic mass is 35.5. The van der Waals surface area contributed by atoms with Crippen molar-refractivity contribution in [3.63, 3.8) is 0 Å². The molecule has 0 saturated heterocycles. The monoisotopic (exact) mass is 308 g/mol.